The average Bonchev–Trinajstić information content (AvgIpc) is 2.62. The van der Waals surface area contributed by atoms with Crippen molar-refractivity contribution in [2.45, 2.75) is 32.8 Å². The van der Waals surface area contributed by atoms with E-state index in [1.165, 1.54) is 7.11 Å². The second-order valence-corrected chi connectivity index (χ2v) is 4.65. The Morgan fingerprint density at radius 2 is 1.94 bits per heavy atom. The molecule has 17 heavy (non-hydrogen) atoms. The van der Waals surface area contributed by atoms with Gasteiger partial charge in [-0.3, -0.25) is 4.79 Å². The molecule has 1 rings (SSSR count). The van der Waals surface area contributed by atoms with Gasteiger partial charge >= 0.3 is 11.9 Å². The van der Waals surface area contributed by atoms with Gasteiger partial charge in [-0.2, -0.15) is 0 Å². The first-order valence-corrected chi connectivity index (χ1v) is 5.30. The number of H-pyrrole nitrogens is 1. The summed E-state index contributed by atoms with van der Waals surface area (Å²) in [5, 5.41) is 0. The summed E-state index contributed by atoms with van der Waals surface area (Å²) in [4.78, 5) is 25.5. The molecule has 0 atom stereocenters. The van der Waals surface area contributed by atoms with Crippen LogP contribution in [0.4, 0.5) is 0 Å². The van der Waals surface area contributed by atoms with Gasteiger partial charge in [0, 0.05) is 5.69 Å². The molecule has 94 valence electrons. The third-order valence-electron chi connectivity index (χ3n) is 1.91. The SMILES string of the molecule is COC(=O)c1ccc(CC(=O)OC(C)(C)C)[nH]1. The molecule has 1 N–H and O–H groups in total. The Kier molecular flexibility index (Phi) is 3.93. The van der Waals surface area contributed by atoms with Gasteiger partial charge in [-0.25, -0.2) is 4.79 Å². The van der Waals surface area contributed by atoms with Crippen molar-refractivity contribution in [3.05, 3.63) is 23.5 Å². The van der Waals surface area contributed by atoms with E-state index < -0.39 is 11.6 Å². The summed E-state index contributed by atoms with van der Waals surface area (Å²) in [6.07, 6.45) is 0.105. The Hall–Kier alpha value is -1.78. The molecular formula is C12H17NO4. The standard InChI is InChI=1S/C12H17NO4/c1-12(2,3)17-10(14)7-8-5-6-9(13-8)11(15)16-4/h5-6,13H,7H2,1-4H3. The van der Waals surface area contributed by atoms with E-state index in [-0.39, 0.29) is 12.4 Å². The van der Waals surface area contributed by atoms with Crippen molar-refractivity contribution >= 4 is 11.9 Å². The summed E-state index contributed by atoms with van der Waals surface area (Å²) in [7, 11) is 1.30. The first kappa shape index (κ1) is 13.3. The van der Waals surface area contributed by atoms with Crippen molar-refractivity contribution in [3.63, 3.8) is 0 Å². The number of carbonyl (C=O) groups is 2. The molecule has 1 heterocycles. The molecule has 0 amide bonds. The molecule has 0 aliphatic heterocycles. The van der Waals surface area contributed by atoms with Gasteiger partial charge in [0.15, 0.2) is 0 Å². The first-order valence-electron chi connectivity index (χ1n) is 5.30. The second kappa shape index (κ2) is 5.03. The van der Waals surface area contributed by atoms with Crippen LogP contribution in [0.3, 0.4) is 0 Å². The zero-order valence-corrected chi connectivity index (χ0v) is 10.5. The quantitative estimate of drug-likeness (QED) is 0.815. The Morgan fingerprint density at radius 1 is 1.29 bits per heavy atom. The minimum Gasteiger partial charge on any atom is -0.464 e. The highest BCUT2D eigenvalue weighted by atomic mass is 16.6. The van der Waals surface area contributed by atoms with E-state index in [2.05, 4.69) is 9.72 Å². The molecule has 5 nitrogen and oxygen atoms in total. The number of ether oxygens (including phenoxy) is 2. The van der Waals surface area contributed by atoms with Gasteiger partial charge in [0.25, 0.3) is 0 Å². The number of rotatable bonds is 3. The van der Waals surface area contributed by atoms with E-state index >= 15 is 0 Å². The predicted molar refractivity (Wildman–Crippen MR) is 61.7 cm³/mol. The van der Waals surface area contributed by atoms with E-state index in [0.717, 1.165) is 0 Å². The lowest BCUT2D eigenvalue weighted by molar-refractivity contribution is -0.153. The lowest BCUT2D eigenvalue weighted by Crippen LogP contribution is -2.25. The van der Waals surface area contributed by atoms with Crippen LogP contribution in [0.2, 0.25) is 0 Å². The summed E-state index contributed by atoms with van der Waals surface area (Å²) in [5.41, 5.74) is 0.445. The van der Waals surface area contributed by atoms with Crippen LogP contribution in [0.25, 0.3) is 0 Å². The summed E-state index contributed by atoms with van der Waals surface area (Å²) < 4.78 is 9.71. The monoisotopic (exact) mass is 239 g/mol. The van der Waals surface area contributed by atoms with Gasteiger partial charge in [-0.05, 0) is 32.9 Å². The van der Waals surface area contributed by atoms with E-state index in [9.17, 15) is 9.59 Å². The maximum Gasteiger partial charge on any atom is 0.354 e. The van der Waals surface area contributed by atoms with E-state index in [1.807, 2.05) is 0 Å². The largest absolute Gasteiger partial charge is 0.464 e. The number of nitrogens with one attached hydrogen (secondary N) is 1. The van der Waals surface area contributed by atoms with Crippen LogP contribution >= 0.6 is 0 Å². The van der Waals surface area contributed by atoms with Crippen LogP contribution in [-0.4, -0.2) is 29.6 Å². The number of esters is 2. The van der Waals surface area contributed by atoms with Crippen LogP contribution in [0.15, 0.2) is 12.1 Å². The molecule has 0 fully saturated rings. The molecule has 0 saturated carbocycles. The number of hydrogen-bond donors (Lipinski definition) is 1. The maximum absolute atomic E-state index is 11.5. The van der Waals surface area contributed by atoms with Crippen molar-refractivity contribution in [2.24, 2.45) is 0 Å². The van der Waals surface area contributed by atoms with Gasteiger partial charge in [-0.1, -0.05) is 0 Å². The molecule has 5 heteroatoms. The van der Waals surface area contributed by atoms with Gasteiger partial charge in [0.05, 0.1) is 13.5 Å². The van der Waals surface area contributed by atoms with Crippen LogP contribution in [0.1, 0.15) is 37.0 Å². The summed E-state index contributed by atoms with van der Waals surface area (Å²) in [6, 6.07) is 3.24. The van der Waals surface area contributed by atoms with Crippen LogP contribution in [0, 0.1) is 0 Å². The Morgan fingerprint density at radius 3 is 2.47 bits per heavy atom. The molecule has 0 aliphatic carbocycles. The van der Waals surface area contributed by atoms with Crippen molar-refractivity contribution in [3.8, 4) is 0 Å². The van der Waals surface area contributed by atoms with Crippen LogP contribution < -0.4 is 0 Å². The van der Waals surface area contributed by atoms with Gasteiger partial charge in [-0.15, -0.1) is 0 Å². The normalized spacial score (nSPS) is 11.1. The van der Waals surface area contributed by atoms with Crippen molar-refractivity contribution in [2.75, 3.05) is 7.11 Å². The van der Waals surface area contributed by atoms with Gasteiger partial charge in [0.2, 0.25) is 0 Å². The zero-order chi connectivity index (χ0) is 13.1. The molecule has 0 aliphatic rings. The number of carbonyl (C=O) groups excluding carboxylic acids is 2. The van der Waals surface area contributed by atoms with Crippen LogP contribution in [-0.2, 0) is 20.7 Å². The lowest BCUT2D eigenvalue weighted by Gasteiger charge is -2.19. The Bertz CT molecular complexity index is 414. The number of methoxy groups -OCH3 is 1. The zero-order valence-electron chi connectivity index (χ0n) is 10.5. The highest BCUT2D eigenvalue weighted by Crippen LogP contribution is 2.10. The topological polar surface area (TPSA) is 68.4 Å². The molecule has 0 spiro atoms. The smallest absolute Gasteiger partial charge is 0.354 e. The predicted octanol–water partition coefficient (Wildman–Crippen LogP) is 1.69. The van der Waals surface area contributed by atoms with Crippen molar-refractivity contribution in [1.29, 1.82) is 0 Å². The van der Waals surface area contributed by atoms with E-state index in [1.54, 1.807) is 32.9 Å². The minimum atomic E-state index is -0.505. The molecule has 1 aromatic rings. The fourth-order valence-electron chi connectivity index (χ4n) is 1.31. The molecular weight excluding hydrogens is 222 g/mol. The molecule has 0 bridgehead atoms. The van der Waals surface area contributed by atoms with E-state index in [0.29, 0.717) is 11.4 Å². The minimum absolute atomic E-state index is 0.105. The highest BCUT2D eigenvalue weighted by molar-refractivity contribution is 5.87. The summed E-state index contributed by atoms with van der Waals surface area (Å²) >= 11 is 0. The fraction of sp³-hybridized carbons (Fsp3) is 0.500. The molecule has 0 radical (unpaired) electrons. The molecule has 1 aromatic heterocycles. The highest BCUT2D eigenvalue weighted by Gasteiger charge is 2.17. The number of aromatic amines is 1. The lowest BCUT2D eigenvalue weighted by atomic mass is 10.2. The summed E-state index contributed by atoms with van der Waals surface area (Å²) in [5.74, 6) is -0.795. The maximum atomic E-state index is 11.5. The van der Waals surface area contributed by atoms with Gasteiger partial charge in [0.1, 0.15) is 11.3 Å². The average molecular weight is 239 g/mol. The van der Waals surface area contributed by atoms with Gasteiger partial charge < -0.3 is 14.5 Å². The Labute approximate surface area is 100 Å². The first-order chi connectivity index (χ1) is 7.81. The van der Waals surface area contributed by atoms with Crippen LogP contribution in [0.5, 0.6) is 0 Å². The number of aromatic nitrogens is 1. The van der Waals surface area contributed by atoms with E-state index in [4.69, 9.17) is 4.74 Å². The second-order valence-electron chi connectivity index (χ2n) is 4.65. The molecule has 0 saturated heterocycles. The Balaban J connectivity index is 2.61. The summed E-state index contributed by atoms with van der Waals surface area (Å²) in [6.45, 7) is 5.42. The third kappa shape index (κ3) is 4.30. The third-order valence-corrected chi connectivity index (χ3v) is 1.91. The fourth-order valence-corrected chi connectivity index (χ4v) is 1.31. The van der Waals surface area contributed by atoms with Crippen molar-refractivity contribution < 1.29 is 19.1 Å². The molecule has 0 aromatic carbocycles. The van der Waals surface area contributed by atoms with Crippen molar-refractivity contribution in [1.82, 2.24) is 4.98 Å². The number of hydrogen-bond acceptors (Lipinski definition) is 4. The molecule has 0 unspecified atom stereocenters.